The third kappa shape index (κ3) is 4.55. The minimum Gasteiger partial charge on any atom is -0.484 e. The molecule has 2 saturated heterocycles. The first kappa shape index (κ1) is 18.7. The maximum Gasteiger partial charge on any atom is 0.260 e. The summed E-state index contributed by atoms with van der Waals surface area (Å²) in [5, 5.41) is 0. The zero-order valence-corrected chi connectivity index (χ0v) is 15.8. The molecule has 0 N–H and O–H groups in total. The lowest BCUT2D eigenvalue weighted by molar-refractivity contribution is -0.139. The number of carbonyl (C=O) groups excluding carboxylic acids is 2. The zero-order chi connectivity index (χ0) is 18.5. The molecule has 26 heavy (non-hydrogen) atoms. The largest absolute Gasteiger partial charge is 0.484 e. The molecule has 2 aliphatic heterocycles. The fourth-order valence-electron chi connectivity index (χ4n) is 3.58. The van der Waals surface area contributed by atoms with E-state index in [1.807, 2.05) is 43.1 Å². The van der Waals surface area contributed by atoms with Crippen molar-refractivity contribution in [2.45, 2.75) is 38.8 Å². The van der Waals surface area contributed by atoms with Gasteiger partial charge in [0.05, 0.1) is 6.04 Å². The van der Waals surface area contributed by atoms with Gasteiger partial charge in [-0.2, -0.15) is 0 Å². The van der Waals surface area contributed by atoms with Gasteiger partial charge in [-0.15, -0.1) is 0 Å². The fourth-order valence-corrected chi connectivity index (χ4v) is 3.58. The van der Waals surface area contributed by atoms with E-state index in [0.29, 0.717) is 5.75 Å². The monoisotopic (exact) mass is 359 g/mol. The van der Waals surface area contributed by atoms with Crippen LogP contribution in [0.3, 0.4) is 0 Å². The van der Waals surface area contributed by atoms with E-state index >= 15 is 0 Å². The van der Waals surface area contributed by atoms with Crippen LogP contribution in [0.25, 0.3) is 0 Å². The van der Waals surface area contributed by atoms with Crippen molar-refractivity contribution in [3.63, 3.8) is 0 Å². The van der Waals surface area contributed by atoms with Gasteiger partial charge in [-0.25, -0.2) is 0 Å². The molecule has 0 bridgehead atoms. The van der Waals surface area contributed by atoms with Gasteiger partial charge < -0.3 is 14.5 Å². The Kier molecular flexibility index (Phi) is 6.14. The average Bonchev–Trinajstić information content (AvgIpc) is 2.68. The number of rotatable bonds is 5. The normalized spacial score (nSPS) is 21.8. The van der Waals surface area contributed by atoms with E-state index in [2.05, 4.69) is 4.90 Å². The molecular weight excluding hydrogens is 330 g/mol. The summed E-state index contributed by atoms with van der Waals surface area (Å²) >= 11 is 0. The molecule has 1 aromatic rings. The molecule has 2 fully saturated rings. The lowest BCUT2D eigenvalue weighted by Gasteiger charge is -2.37. The number of piperazine rings is 1. The smallest absolute Gasteiger partial charge is 0.260 e. The first-order valence-corrected chi connectivity index (χ1v) is 9.53. The molecular formula is C20H29N3O3. The standard InChI is InChI=1S/C20H29N3O3/c1-16-20(25)21(2)12-13-23(16)14-17-6-8-18(9-7-17)26-15-19(24)22-10-4-3-5-11-22/h6-9,16H,3-5,10-15H2,1-2H3/t16-/m1/s1. The van der Waals surface area contributed by atoms with Crippen molar-refractivity contribution in [3.8, 4) is 5.75 Å². The molecule has 2 aliphatic rings. The molecule has 2 heterocycles. The third-order valence-corrected chi connectivity index (χ3v) is 5.38. The second kappa shape index (κ2) is 8.54. The Balaban J connectivity index is 1.49. The van der Waals surface area contributed by atoms with Crippen LogP contribution in [0.5, 0.6) is 5.75 Å². The summed E-state index contributed by atoms with van der Waals surface area (Å²) in [7, 11) is 1.85. The summed E-state index contributed by atoms with van der Waals surface area (Å²) in [5.41, 5.74) is 1.14. The number of hydrogen-bond acceptors (Lipinski definition) is 4. The van der Waals surface area contributed by atoms with Crippen LogP contribution in [-0.2, 0) is 16.1 Å². The minimum atomic E-state index is -0.0909. The van der Waals surface area contributed by atoms with E-state index in [0.717, 1.165) is 51.1 Å². The molecule has 0 aliphatic carbocycles. The first-order valence-electron chi connectivity index (χ1n) is 9.53. The topological polar surface area (TPSA) is 53.1 Å². The van der Waals surface area contributed by atoms with Crippen LogP contribution in [0.4, 0.5) is 0 Å². The Morgan fingerprint density at radius 1 is 1.08 bits per heavy atom. The van der Waals surface area contributed by atoms with E-state index in [9.17, 15) is 9.59 Å². The van der Waals surface area contributed by atoms with E-state index in [-0.39, 0.29) is 24.5 Å². The maximum atomic E-state index is 12.2. The second-order valence-corrected chi connectivity index (χ2v) is 7.28. The quantitative estimate of drug-likeness (QED) is 0.804. The number of carbonyl (C=O) groups is 2. The number of amides is 2. The molecule has 142 valence electrons. The van der Waals surface area contributed by atoms with E-state index in [4.69, 9.17) is 4.74 Å². The minimum absolute atomic E-state index is 0.0681. The molecule has 1 atom stereocenters. The number of benzene rings is 1. The van der Waals surface area contributed by atoms with Crippen molar-refractivity contribution in [3.05, 3.63) is 29.8 Å². The number of hydrogen-bond donors (Lipinski definition) is 0. The molecule has 0 spiro atoms. The fraction of sp³-hybridized carbons (Fsp3) is 0.600. The van der Waals surface area contributed by atoms with Gasteiger partial charge in [-0.05, 0) is 43.9 Å². The van der Waals surface area contributed by atoms with E-state index in [1.165, 1.54) is 6.42 Å². The Morgan fingerprint density at radius 3 is 2.46 bits per heavy atom. The Hall–Kier alpha value is -2.08. The van der Waals surface area contributed by atoms with Crippen LogP contribution >= 0.6 is 0 Å². The Morgan fingerprint density at radius 2 is 1.77 bits per heavy atom. The highest BCUT2D eigenvalue weighted by Crippen LogP contribution is 2.18. The van der Waals surface area contributed by atoms with Crippen molar-refractivity contribution in [1.82, 2.24) is 14.7 Å². The SMILES string of the molecule is C[C@@H]1C(=O)N(C)CCN1Cc1ccc(OCC(=O)N2CCCCC2)cc1. The zero-order valence-electron chi connectivity index (χ0n) is 15.8. The van der Waals surface area contributed by atoms with Crippen LogP contribution in [0, 0.1) is 0 Å². The molecule has 0 radical (unpaired) electrons. The highest BCUT2D eigenvalue weighted by molar-refractivity contribution is 5.82. The van der Waals surface area contributed by atoms with E-state index < -0.39 is 0 Å². The first-order chi connectivity index (χ1) is 12.5. The molecule has 6 heteroatoms. The number of ether oxygens (including phenoxy) is 1. The predicted molar refractivity (Wildman–Crippen MR) is 99.9 cm³/mol. The Labute approximate surface area is 155 Å². The average molecular weight is 359 g/mol. The van der Waals surface area contributed by atoms with Crippen molar-refractivity contribution in [1.29, 1.82) is 0 Å². The van der Waals surface area contributed by atoms with Gasteiger partial charge in [0.25, 0.3) is 5.91 Å². The summed E-state index contributed by atoms with van der Waals surface area (Å²) in [5.74, 6) is 0.951. The van der Waals surface area contributed by atoms with Crippen molar-refractivity contribution in [2.24, 2.45) is 0 Å². The molecule has 3 rings (SSSR count). The van der Waals surface area contributed by atoms with E-state index in [1.54, 1.807) is 4.90 Å². The number of likely N-dealkylation sites (tertiary alicyclic amines) is 1. The summed E-state index contributed by atoms with van der Waals surface area (Å²) < 4.78 is 5.65. The molecule has 0 unspecified atom stereocenters. The van der Waals surface area contributed by atoms with Gasteiger partial charge in [0.2, 0.25) is 5.91 Å². The van der Waals surface area contributed by atoms with Gasteiger partial charge in [-0.3, -0.25) is 14.5 Å². The van der Waals surface area contributed by atoms with Gasteiger partial charge in [0.1, 0.15) is 5.75 Å². The second-order valence-electron chi connectivity index (χ2n) is 7.28. The summed E-state index contributed by atoms with van der Waals surface area (Å²) in [4.78, 5) is 30.1. The summed E-state index contributed by atoms with van der Waals surface area (Å²) in [6, 6.07) is 7.74. The van der Waals surface area contributed by atoms with Gasteiger partial charge in [0, 0.05) is 39.8 Å². The van der Waals surface area contributed by atoms with Crippen LogP contribution in [0.2, 0.25) is 0 Å². The molecule has 2 amide bonds. The lowest BCUT2D eigenvalue weighted by atomic mass is 10.1. The Bertz CT molecular complexity index is 626. The van der Waals surface area contributed by atoms with Crippen LogP contribution in [-0.4, -0.2) is 72.4 Å². The van der Waals surface area contributed by atoms with Crippen molar-refractivity contribution >= 4 is 11.8 Å². The molecule has 1 aromatic carbocycles. The van der Waals surface area contributed by atoms with Crippen LogP contribution in [0.1, 0.15) is 31.7 Å². The van der Waals surface area contributed by atoms with Gasteiger partial charge >= 0.3 is 0 Å². The highest BCUT2D eigenvalue weighted by atomic mass is 16.5. The summed E-state index contributed by atoms with van der Waals surface area (Å²) in [6.45, 7) is 6.15. The van der Waals surface area contributed by atoms with Gasteiger partial charge in [0.15, 0.2) is 6.61 Å². The van der Waals surface area contributed by atoms with Crippen LogP contribution < -0.4 is 4.74 Å². The maximum absolute atomic E-state index is 12.2. The molecule has 0 aromatic heterocycles. The third-order valence-electron chi connectivity index (χ3n) is 5.38. The lowest BCUT2D eigenvalue weighted by Crippen LogP contribution is -2.53. The van der Waals surface area contributed by atoms with Crippen molar-refractivity contribution < 1.29 is 14.3 Å². The number of piperidine rings is 1. The van der Waals surface area contributed by atoms with Gasteiger partial charge in [-0.1, -0.05) is 12.1 Å². The number of likely N-dealkylation sites (N-methyl/N-ethyl adjacent to an activating group) is 1. The van der Waals surface area contributed by atoms with Crippen molar-refractivity contribution in [2.75, 3.05) is 39.8 Å². The predicted octanol–water partition coefficient (Wildman–Crippen LogP) is 1.74. The highest BCUT2D eigenvalue weighted by Gasteiger charge is 2.29. The number of nitrogens with zero attached hydrogens (tertiary/aromatic N) is 3. The molecule has 6 nitrogen and oxygen atoms in total. The summed E-state index contributed by atoms with van der Waals surface area (Å²) in [6.07, 6.45) is 3.39. The molecule has 0 saturated carbocycles. The van der Waals surface area contributed by atoms with Crippen LogP contribution in [0.15, 0.2) is 24.3 Å².